The van der Waals surface area contributed by atoms with Gasteiger partial charge in [0, 0.05) is 24.7 Å². The lowest BCUT2D eigenvalue weighted by molar-refractivity contribution is -0.117. The number of ether oxygens (including phenoxy) is 2. The summed E-state index contributed by atoms with van der Waals surface area (Å²) in [6.07, 6.45) is 0.335. The Hall–Kier alpha value is -1.01. The largest absolute Gasteiger partial charge is 0.494 e. The summed E-state index contributed by atoms with van der Waals surface area (Å²) >= 11 is 12.0. The minimum Gasteiger partial charge on any atom is -0.494 e. The molecule has 5 nitrogen and oxygen atoms in total. The molecule has 0 spiro atoms. The first-order chi connectivity index (χ1) is 9.60. The van der Waals surface area contributed by atoms with Crippen molar-refractivity contribution >= 4 is 34.8 Å². The summed E-state index contributed by atoms with van der Waals surface area (Å²) in [5.74, 6) is 0.277. The Labute approximate surface area is 127 Å². The van der Waals surface area contributed by atoms with Gasteiger partial charge in [-0.1, -0.05) is 23.2 Å². The molecule has 0 radical (unpaired) electrons. The van der Waals surface area contributed by atoms with Gasteiger partial charge in [0.1, 0.15) is 0 Å². The van der Waals surface area contributed by atoms with E-state index in [4.69, 9.17) is 32.7 Å². The van der Waals surface area contributed by atoms with Crippen molar-refractivity contribution in [1.82, 2.24) is 5.32 Å². The van der Waals surface area contributed by atoms with Crippen LogP contribution in [0.15, 0.2) is 12.1 Å². The molecule has 2 rings (SSSR count). The molecule has 1 fully saturated rings. The molecule has 1 amide bonds. The summed E-state index contributed by atoms with van der Waals surface area (Å²) in [6, 6.07) is 3.25. The standard InChI is InChI=1S/C13H16Cl2N2O3/c1-19-13-10(14)4-8(5-11(13)15)17-12(18)6-9-7-20-3-2-16-9/h4-5,9,16H,2-3,6-7H2,1H3,(H,17,18). The number of methoxy groups -OCH3 is 1. The third kappa shape index (κ3) is 3.99. The summed E-state index contributed by atoms with van der Waals surface area (Å²) in [5.41, 5.74) is 0.544. The van der Waals surface area contributed by atoms with E-state index < -0.39 is 0 Å². The molecule has 110 valence electrons. The average molecular weight is 319 g/mol. The van der Waals surface area contributed by atoms with E-state index in [9.17, 15) is 4.79 Å². The number of morpholine rings is 1. The van der Waals surface area contributed by atoms with Crippen LogP contribution < -0.4 is 15.4 Å². The topological polar surface area (TPSA) is 59.6 Å². The van der Waals surface area contributed by atoms with Crippen molar-refractivity contribution in [1.29, 1.82) is 0 Å². The number of benzene rings is 1. The van der Waals surface area contributed by atoms with Crippen molar-refractivity contribution in [2.75, 3.05) is 32.2 Å². The van der Waals surface area contributed by atoms with E-state index in [0.717, 1.165) is 6.54 Å². The zero-order valence-corrected chi connectivity index (χ0v) is 12.6. The maximum absolute atomic E-state index is 11.9. The first kappa shape index (κ1) is 15.4. The maximum atomic E-state index is 11.9. The minimum atomic E-state index is -0.120. The van der Waals surface area contributed by atoms with Gasteiger partial charge in [-0.25, -0.2) is 0 Å². The molecule has 1 unspecified atom stereocenters. The smallest absolute Gasteiger partial charge is 0.226 e. The number of nitrogens with one attached hydrogen (secondary N) is 2. The van der Waals surface area contributed by atoms with Crippen LogP contribution in [0.3, 0.4) is 0 Å². The monoisotopic (exact) mass is 318 g/mol. The normalized spacial score (nSPS) is 18.6. The highest BCUT2D eigenvalue weighted by atomic mass is 35.5. The molecule has 0 aromatic heterocycles. The maximum Gasteiger partial charge on any atom is 0.226 e. The van der Waals surface area contributed by atoms with Crippen molar-refractivity contribution in [2.24, 2.45) is 0 Å². The van der Waals surface area contributed by atoms with E-state index in [-0.39, 0.29) is 11.9 Å². The van der Waals surface area contributed by atoms with E-state index in [1.54, 1.807) is 12.1 Å². The molecule has 0 saturated carbocycles. The number of carbonyl (C=O) groups excluding carboxylic acids is 1. The predicted octanol–water partition coefficient (Wildman–Crippen LogP) is 2.32. The Balaban J connectivity index is 1.97. The van der Waals surface area contributed by atoms with Crippen LogP contribution in [0, 0.1) is 0 Å². The van der Waals surface area contributed by atoms with Crippen LogP contribution >= 0.6 is 23.2 Å². The lowest BCUT2D eigenvalue weighted by Crippen LogP contribution is -2.43. The SMILES string of the molecule is COc1c(Cl)cc(NC(=O)CC2COCCN2)cc1Cl. The molecule has 1 aliphatic rings. The van der Waals surface area contributed by atoms with Crippen molar-refractivity contribution < 1.29 is 14.3 Å². The second-order valence-corrected chi connectivity index (χ2v) is 5.27. The Bertz CT molecular complexity index is 467. The van der Waals surface area contributed by atoms with Gasteiger partial charge in [-0.3, -0.25) is 4.79 Å². The lowest BCUT2D eigenvalue weighted by atomic mass is 10.2. The molecule has 1 heterocycles. The molecule has 0 aliphatic carbocycles. The Morgan fingerprint density at radius 3 is 2.75 bits per heavy atom. The van der Waals surface area contributed by atoms with Crippen molar-refractivity contribution in [2.45, 2.75) is 12.5 Å². The van der Waals surface area contributed by atoms with E-state index >= 15 is 0 Å². The molecular weight excluding hydrogens is 303 g/mol. The van der Waals surface area contributed by atoms with Gasteiger partial charge in [0.25, 0.3) is 0 Å². The summed E-state index contributed by atoms with van der Waals surface area (Å²) in [5, 5.41) is 6.69. The van der Waals surface area contributed by atoms with Crippen LogP contribution in [0.2, 0.25) is 10.0 Å². The van der Waals surface area contributed by atoms with Crippen LogP contribution in [0.1, 0.15) is 6.42 Å². The first-order valence-corrected chi connectivity index (χ1v) is 6.99. The van der Waals surface area contributed by atoms with Gasteiger partial charge >= 0.3 is 0 Å². The summed E-state index contributed by atoms with van der Waals surface area (Å²) < 4.78 is 10.4. The average Bonchev–Trinajstić information content (AvgIpc) is 2.39. The minimum absolute atomic E-state index is 0.0351. The number of amides is 1. The highest BCUT2D eigenvalue weighted by molar-refractivity contribution is 6.37. The van der Waals surface area contributed by atoms with Gasteiger partial charge < -0.3 is 20.1 Å². The number of carbonyl (C=O) groups is 1. The number of anilines is 1. The van der Waals surface area contributed by atoms with Gasteiger partial charge in [-0.05, 0) is 12.1 Å². The molecule has 1 atom stereocenters. The number of halogens is 2. The molecule has 1 aromatic carbocycles. The quantitative estimate of drug-likeness (QED) is 0.894. The van der Waals surface area contributed by atoms with Crippen LogP contribution in [0.5, 0.6) is 5.75 Å². The number of rotatable bonds is 4. The van der Waals surface area contributed by atoms with Crippen molar-refractivity contribution in [3.63, 3.8) is 0 Å². The Kier molecular flexibility index (Phi) is 5.48. The Morgan fingerprint density at radius 1 is 1.50 bits per heavy atom. The van der Waals surface area contributed by atoms with Crippen LogP contribution in [-0.2, 0) is 9.53 Å². The molecule has 2 N–H and O–H groups in total. The highest BCUT2D eigenvalue weighted by Crippen LogP contribution is 2.35. The second-order valence-electron chi connectivity index (χ2n) is 4.45. The molecule has 1 aliphatic heterocycles. The van der Waals surface area contributed by atoms with Crippen LogP contribution in [0.4, 0.5) is 5.69 Å². The molecule has 1 aromatic rings. The zero-order chi connectivity index (χ0) is 14.5. The summed E-state index contributed by atoms with van der Waals surface area (Å²) in [7, 11) is 1.49. The lowest BCUT2D eigenvalue weighted by Gasteiger charge is -2.23. The molecule has 0 bridgehead atoms. The van der Waals surface area contributed by atoms with Crippen molar-refractivity contribution in [3.05, 3.63) is 22.2 Å². The molecular formula is C13H16Cl2N2O3. The fourth-order valence-corrected chi connectivity index (χ4v) is 2.66. The van der Waals surface area contributed by atoms with E-state index in [1.165, 1.54) is 7.11 Å². The van der Waals surface area contributed by atoms with E-state index in [1.807, 2.05) is 0 Å². The third-order valence-electron chi connectivity index (χ3n) is 2.92. The van der Waals surface area contributed by atoms with Crippen LogP contribution in [0.25, 0.3) is 0 Å². The van der Waals surface area contributed by atoms with Gasteiger partial charge in [-0.15, -0.1) is 0 Å². The van der Waals surface area contributed by atoms with E-state index in [2.05, 4.69) is 10.6 Å². The third-order valence-corrected chi connectivity index (χ3v) is 3.48. The number of hydrogen-bond donors (Lipinski definition) is 2. The van der Waals surface area contributed by atoms with Crippen molar-refractivity contribution in [3.8, 4) is 5.75 Å². The van der Waals surface area contributed by atoms with Gasteiger partial charge in [-0.2, -0.15) is 0 Å². The zero-order valence-electron chi connectivity index (χ0n) is 11.0. The second kappa shape index (κ2) is 7.13. The van der Waals surface area contributed by atoms with Crippen LogP contribution in [-0.4, -0.2) is 38.8 Å². The summed E-state index contributed by atoms with van der Waals surface area (Å²) in [6.45, 7) is 1.98. The molecule has 7 heteroatoms. The predicted molar refractivity (Wildman–Crippen MR) is 78.9 cm³/mol. The molecule has 20 heavy (non-hydrogen) atoms. The summed E-state index contributed by atoms with van der Waals surface area (Å²) in [4.78, 5) is 11.9. The highest BCUT2D eigenvalue weighted by Gasteiger charge is 2.17. The first-order valence-electron chi connectivity index (χ1n) is 6.24. The number of hydrogen-bond acceptors (Lipinski definition) is 4. The van der Waals surface area contributed by atoms with E-state index in [0.29, 0.717) is 41.1 Å². The fourth-order valence-electron chi connectivity index (χ4n) is 2.01. The van der Waals surface area contributed by atoms with Gasteiger partial charge in [0.15, 0.2) is 5.75 Å². The van der Waals surface area contributed by atoms with Gasteiger partial charge in [0.2, 0.25) is 5.91 Å². The van der Waals surface area contributed by atoms with Gasteiger partial charge in [0.05, 0.1) is 30.4 Å². The Morgan fingerprint density at radius 2 is 2.20 bits per heavy atom. The fraction of sp³-hybridized carbons (Fsp3) is 0.462. The molecule has 1 saturated heterocycles.